The van der Waals surface area contributed by atoms with E-state index in [9.17, 15) is 19.2 Å². The molecule has 0 saturated carbocycles. The first kappa shape index (κ1) is 34.3. The summed E-state index contributed by atoms with van der Waals surface area (Å²) in [5.41, 5.74) is -0.0709. The van der Waals surface area contributed by atoms with E-state index in [4.69, 9.17) is 9.47 Å². The number of hydrogen-bond donors (Lipinski definition) is 2. The van der Waals surface area contributed by atoms with Gasteiger partial charge in [-0.25, -0.2) is 4.79 Å². The van der Waals surface area contributed by atoms with Crippen LogP contribution in [-0.2, 0) is 23.9 Å². The van der Waals surface area contributed by atoms with Gasteiger partial charge in [0, 0.05) is 13.1 Å². The quantitative estimate of drug-likeness (QED) is 0.205. The molecule has 0 aliphatic heterocycles. The minimum absolute atomic E-state index is 0.0298. The Kier molecular flexibility index (Phi) is 16.3. The van der Waals surface area contributed by atoms with Crippen LogP contribution >= 0.6 is 11.8 Å². The highest BCUT2D eigenvalue weighted by atomic mass is 32.2. The molecule has 0 saturated heterocycles. The van der Waals surface area contributed by atoms with Gasteiger partial charge in [0.05, 0.1) is 13.0 Å². The molecule has 3 amide bonds. The van der Waals surface area contributed by atoms with Gasteiger partial charge < -0.3 is 25.0 Å². The third-order valence-electron chi connectivity index (χ3n) is 5.74. The highest BCUT2D eigenvalue weighted by molar-refractivity contribution is 7.98. The number of esters is 1. The van der Waals surface area contributed by atoms with Crippen molar-refractivity contribution in [3.05, 3.63) is 35.9 Å². The predicted octanol–water partition coefficient (Wildman–Crippen LogP) is 4.85. The lowest BCUT2D eigenvalue weighted by atomic mass is 10.0. The molecule has 0 spiro atoms. The fraction of sp³-hybridized carbons (Fsp3) is 0.655. The van der Waals surface area contributed by atoms with E-state index in [-0.39, 0.29) is 25.5 Å². The van der Waals surface area contributed by atoms with Crippen molar-refractivity contribution in [2.24, 2.45) is 0 Å². The van der Waals surface area contributed by atoms with Crippen molar-refractivity contribution >= 4 is 35.6 Å². The summed E-state index contributed by atoms with van der Waals surface area (Å²) in [6.45, 7) is 9.81. The van der Waals surface area contributed by atoms with Crippen LogP contribution in [0.3, 0.4) is 0 Å². The molecular weight excluding hydrogens is 518 g/mol. The minimum atomic E-state index is -0.931. The van der Waals surface area contributed by atoms with E-state index in [0.29, 0.717) is 30.7 Å². The predicted molar refractivity (Wildman–Crippen MR) is 155 cm³/mol. The largest absolute Gasteiger partial charge is 0.466 e. The summed E-state index contributed by atoms with van der Waals surface area (Å²) in [7, 11) is 0. The standard InChI is InChI=1S/C29H47N3O6S/c1-7-9-10-14-20-32(27(35)23(18-21-39-6)31-28(36)38-29(3,4)5)25(22-15-12-11-13-16-22)26(34)30-19-17-24(33)37-8-2/h11-13,15-16,23,25H,7-10,14,17-21H2,1-6H3,(H,30,34)(H,31,36). The van der Waals surface area contributed by atoms with Crippen LogP contribution in [0.2, 0.25) is 0 Å². The van der Waals surface area contributed by atoms with Gasteiger partial charge in [-0.05, 0) is 58.1 Å². The van der Waals surface area contributed by atoms with Crippen molar-refractivity contribution < 1.29 is 28.7 Å². The zero-order chi connectivity index (χ0) is 29.3. The van der Waals surface area contributed by atoms with E-state index < -0.39 is 35.7 Å². The van der Waals surface area contributed by atoms with Crippen LogP contribution < -0.4 is 10.6 Å². The molecule has 9 nitrogen and oxygen atoms in total. The van der Waals surface area contributed by atoms with Gasteiger partial charge >= 0.3 is 12.1 Å². The fourth-order valence-electron chi connectivity index (χ4n) is 3.94. The Hall–Kier alpha value is -2.75. The molecule has 2 N–H and O–H groups in total. The number of carbonyl (C=O) groups is 4. The van der Waals surface area contributed by atoms with E-state index in [2.05, 4.69) is 17.6 Å². The van der Waals surface area contributed by atoms with Gasteiger partial charge in [-0.3, -0.25) is 14.4 Å². The van der Waals surface area contributed by atoms with Gasteiger partial charge in [-0.2, -0.15) is 11.8 Å². The molecule has 2 unspecified atom stereocenters. The van der Waals surface area contributed by atoms with E-state index >= 15 is 0 Å². The van der Waals surface area contributed by atoms with Gasteiger partial charge in [-0.1, -0.05) is 56.5 Å². The van der Waals surface area contributed by atoms with Crippen molar-refractivity contribution in [2.45, 2.75) is 90.8 Å². The maximum atomic E-state index is 14.1. The third-order valence-corrected chi connectivity index (χ3v) is 6.39. The summed E-state index contributed by atoms with van der Waals surface area (Å²) in [4.78, 5) is 53.7. The highest BCUT2D eigenvalue weighted by Gasteiger charge is 2.35. The lowest BCUT2D eigenvalue weighted by Gasteiger charge is -2.34. The van der Waals surface area contributed by atoms with Crippen LogP contribution in [0.4, 0.5) is 4.79 Å². The molecule has 2 atom stereocenters. The van der Waals surface area contributed by atoms with Gasteiger partial charge in [-0.15, -0.1) is 0 Å². The molecule has 10 heteroatoms. The molecule has 1 aromatic rings. The van der Waals surface area contributed by atoms with Crippen LogP contribution in [-0.4, -0.2) is 72.1 Å². The minimum Gasteiger partial charge on any atom is -0.466 e. The van der Waals surface area contributed by atoms with Gasteiger partial charge in [0.1, 0.15) is 17.7 Å². The number of benzene rings is 1. The lowest BCUT2D eigenvalue weighted by Crippen LogP contribution is -2.53. The Balaban J connectivity index is 3.33. The highest BCUT2D eigenvalue weighted by Crippen LogP contribution is 2.24. The van der Waals surface area contributed by atoms with Crippen LogP contribution in [0, 0.1) is 0 Å². The summed E-state index contributed by atoms with van der Waals surface area (Å²) in [5.74, 6) is -0.506. The monoisotopic (exact) mass is 565 g/mol. The molecule has 0 aliphatic carbocycles. The smallest absolute Gasteiger partial charge is 0.408 e. The van der Waals surface area contributed by atoms with Crippen molar-refractivity contribution in [1.82, 2.24) is 15.5 Å². The average Bonchev–Trinajstić information content (AvgIpc) is 2.87. The molecule has 0 radical (unpaired) electrons. The maximum absolute atomic E-state index is 14.1. The van der Waals surface area contributed by atoms with Crippen LogP contribution in [0.5, 0.6) is 0 Å². The second-order valence-corrected chi connectivity index (χ2v) is 11.2. The zero-order valence-electron chi connectivity index (χ0n) is 24.4. The SMILES string of the molecule is CCCCCCN(C(=O)C(CCSC)NC(=O)OC(C)(C)C)C(C(=O)NCCC(=O)OCC)c1ccccc1. The van der Waals surface area contributed by atoms with Crippen molar-refractivity contribution in [3.63, 3.8) is 0 Å². The number of rotatable bonds is 17. The third kappa shape index (κ3) is 13.7. The topological polar surface area (TPSA) is 114 Å². The Morgan fingerprint density at radius 3 is 2.31 bits per heavy atom. The lowest BCUT2D eigenvalue weighted by molar-refractivity contribution is -0.144. The van der Waals surface area contributed by atoms with Crippen LogP contribution in [0.1, 0.15) is 84.7 Å². The summed E-state index contributed by atoms with van der Waals surface area (Å²) in [5, 5.41) is 5.56. The van der Waals surface area contributed by atoms with E-state index in [0.717, 1.165) is 19.3 Å². The fourth-order valence-corrected chi connectivity index (χ4v) is 4.42. The Bertz CT molecular complexity index is 891. The van der Waals surface area contributed by atoms with E-state index in [1.807, 2.05) is 24.5 Å². The molecule has 220 valence electrons. The molecule has 0 fully saturated rings. The molecule has 1 rings (SSSR count). The molecule has 0 bridgehead atoms. The number of unbranched alkanes of at least 4 members (excludes halogenated alkanes) is 3. The Labute approximate surface area is 238 Å². The van der Waals surface area contributed by atoms with Gasteiger partial charge in [0.2, 0.25) is 11.8 Å². The first-order chi connectivity index (χ1) is 18.5. The Morgan fingerprint density at radius 2 is 1.72 bits per heavy atom. The van der Waals surface area contributed by atoms with Crippen LogP contribution in [0.15, 0.2) is 30.3 Å². The van der Waals surface area contributed by atoms with E-state index in [1.54, 1.807) is 56.5 Å². The Morgan fingerprint density at radius 1 is 1.03 bits per heavy atom. The number of thioether (sulfide) groups is 1. The van der Waals surface area contributed by atoms with Crippen molar-refractivity contribution in [3.8, 4) is 0 Å². The summed E-state index contributed by atoms with van der Waals surface area (Å²) in [6, 6.07) is 7.30. The molecule has 1 aromatic carbocycles. The van der Waals surface area contributed by atoms with Crippen molar-refractivity contribution in [2.75, 3.05) is 31.7 Å². The summed E-state index contributed by atoms with van der Waals surface area (Å²) >= 11 is 1.57. The second-order valence-electron chi connectivity index (χ2n) is 10.2. The van der Waals surface area contributed by atoms with Crippen molar-refractivity contribution in [1.29, 1.82) is 0 Å². The zero-order valence-corrected chi connectivity index (χ0v) is 25.2. The molecule has 0 aliphatic rings. The number of nitrogens with one attached hydrogen (secondary N) is 2. The number of ether oxygens (including phenoxy) is 2. The second kappa shape index (κ2) is 18.5. The first-order valence-electron chi connectivity index (χ1n) is 13.8. The molecular formula is C29H47N3O6S. The number of amides is 3. The number of alkyl carbamates (subject to hydrolysis) is 1. The number of carbonyl (C=O) groups excluding carboxylic acids is 4. The van der Waals surface area contributed by atoms with Crippen LogP contribution in [0.25, 0.3) is 0 Å². The normalized spacial score (nSPS) is 12.7. The molecule has 0 heterocycles. The number of nitrogens with zero attached hydrogens (tertiary/aromatic N) is 1. The molecule has 0 aromatic heterocycles. The summed E-state index contributed by atoms with van der Waals surface area (Å²) in [6.07, 6.45) is 5.32. The number of hydrogen-bond acceptors (Lipinski definition) is 7. The van der Waals surface area contributed by atoms with Gasteiger partial charge in [0.25, 0.3) is 0 Å². The molecule has 39 heavy (non-hydrogen) atoms. The average molecular weight is 566 g/mol. The van der Waals surface area contributed by atoms with Gasteiger partial charge in [0.15, 0.2) is 0 Å². The summed E-state index contributed by atoms with van der Waals surface area (Å²) < 4.78 is 10.4. The van der Waals surface area contributed by atoms with E-state index in [1.165, 1.54) is 0 Å². The first-order valence-corrected chi connectivity index (χ1v) is 15.2. The maximum Gasteiger partial charge on any atom is 0.408 e.